The molecule has 0 radical (unpaired) electrons. The second-order valence-corrected chi connectivity index (χ2v) is 8.19. The minimum atomic E-state index is -4.20. The van der Waals surface area contributed by atoms with E-state index in [2.05, 4.69) is 4.72 Å². The Morgan fingerprint density at radius 2 is 1.55 bits per heavy atom. The van der Waals surface area contributed by atoms with Gasteiger partial charge in [0.15, 0.2) is 4.90 Å². The van der Waals surface area contributed by atoms with Crippen LogP contribution in [0.4, 0.5) is 17.1 Å². The minimum Gasteiger partial charge on any atom is -0.289 e. The zero-order valence-corrected chi connectivity index (χ0v) is 16.3. The second-order valence-electron chi connectivity index (χ2n) is 5.55. The number of nitrogens with zero attached hydrogens (tertiary/aromatic N) is 3. The van der Waals surface area contributed by atoms with Gasteiger partial charge in [-0.3, -0.25) is 29.1 Å². The number of anilines is 1. The Morgan fingerprint density at radius 1 is 1.00 bits per heavy atom. The molecule has 1 atom stereocenters. The van der Waals surface area contributed by atoms with E-state index in [1.807, 2.05) is 0 Å². The summed E-state index contributed by atoms with van der Waals surface area (Å²) < 4.78 is 48.7. The Bertz CT molecular complexity index is 1040. The topological polar surface area (TPSA) is 173 Å². The second kappa shape index (κ2) is 9.51. The summed E-state index contributed by atoms with van der Waals surface area (Å²) in [5, 5.41) is 22.1. The van der Waals surface area contributed by atoms with Crippen molar-refractivity contribution >= 4 is 38.4 Å². The van der Waals surface area contributed by atoms with Crippen LogP contribution in [0.15, 0.2) is 53.4 Å². The Morgan fingerprint density at radius 3 is 2.14 bits per heavy atom. The third-order valence-corrected chi connectivity index (χ3v) is 5.98. The minimum absolute atomic E-state index is 0.00178. The molecule has 12 nitrogen and oxygen atoms in total. The summed E-state index contributed by atoms with van der Waals surface area (Å²) in [6.07, 6.45) is -0.00178. The van der Waals surface area contributed by atoms with Gasteiger partial charge in [-0.25, -0.2) is 17.3 Å². The van der Waals surface area contributed by atoms with Gasteiger partial charge in [0.05, 0.1) is 9.85 Å². The van der Waals surface area contributed by atoms with Crippen LogP contribution in [-0.4, -0.2) is 40.1 Å². The molecule has 2 N–H and O–H groups in total. The Labute approximate surface area is 167 Å². The first-order valence-electron chi connectivity index (χ1n) is 8.00. The predicted molar refractivity (Wildman–Crippen MR) is 104 cm³/mol. The maximum atomic E-state index is 12.3. The first-order valence-corrected chi connectivity index (χ1v) is 10.5. The largest absolute Gasteiger partial charge is 0.293 e. The predicted octanol–water partition coefficient (Wildman–Crippen LogP) is 1.81. The van der Waals surface area contributed by atoms with Crippen molar-refractivity contribution in [3.05, 3.63) is 68.8 Å². The van der Waals surface area contributed by atoms with E-state index in [0.717, 1.165) is 16.4 Å². The molecule has 2 aromatic carbocycles. The molecule has 2 aromatic rings. The molecular weight excluding hydrogens is 428 g/mol. The van der Waals surface area contributed by atoms with Crippen LogP contribution in [0.25, 0.3) is 0 Å². The lowest BCUT2D eigenvalue weighted by Crippen LogP contribution is -2.31. The zero-order valence-electron chi connectivity index (χ0n) is 14.7. The first-order chi connectivity index (χ1) is 13.6. The Hall–Kier alpha value is -2.94. The molecule has 0 aliphatic rings. The molecule has 0 saturated carbocycles. The monoisotopic (exact) mass is 444 g/mol. The Balaban J connectivity index is 2.10. The van der Waals surface area contributed by atoms with E-state index < -0.39 is 41.7 Å². The highest BCUT2D eigenvalue weighted by molar-refractivity contribution is 7.89. The third kappa shape index (κ3) is 5.54. The summed E-state index contributed by atoms with van der Waals surface area (Å²) in [6, 6.07) is 10.1. The van der Waals surface area contributed by atoms with Crippen LogP contribution in [0, 0.1) is 20.2 Å². The van der Waals surface area contributed by atoms with Crippen molar-refractivity contribution in [1.29, 1.82) is 0 Å². The fourth-order valence-electron chi connectivity index (χ4n) is 2.45. The lowest BCUT2D eigenvalue weighted by atomic mass is 10.2. The van der Waals surface area contributed by atoms with Gasteiger partial charge in [0, 0.05) is 25.2 Å². The first kappa shape index (κ1) is 22.4. The lowest BCUT2D eigenvalue weighted by Gasteiger charge is -2.19. The number of rotatable bonds is 10. The summed E-state index contributed by atoms with van der Waals surface area (Å²) in [5.41, 5.74) is -1.06. The van der Waals surface area contributed by atoms with Crippen LogP contribution in [0.2, 0.25) is 0 Å². The normalized spacial score (nSPS) is 12.3. The lowest BCUT2D eigenvalue weighted by molar-refractivity contribution is -0.387. The summed E-state index contributed by atoms with van der Waals surface area (Å²) in [4.78, 5) is 20.1. The average molecular weight is 444 g/mol. The quantitative estimate of drug-likeness (QED) is 0.241. The van der Waals surface area contributed by atoms with Gasteiger partial charge in [-0.2, -0.15) is 0 Å². The van der Waals surface area contributed by atoms with E-state index >= 15 is 0 Å². The maximum absolute atomic E-state index is 12.3. The highest BCUT2D eigenvalue weighted by Crippen LogP contribution is 2.28. The molecule has 0 saturated heterocycles. The molecule has 0 amide bonds. The van der Waals surface area contributed by atoms with Crippen LogP contribution in [0.3, 0.4) is 0 Å². The van der Waals surface area contributed by atoms with Crippen LogP contribution >= 0.6 is 0 Å². The van der Waals surface area contributed by atoms with Gasteiger partial charge in [0.2, 0.25) is 10.0 Å². The fraction of sp³-hybridized carbons (Fsp3) is 0.200. The van der Waals surface area contributed by atoms with Gasteiger partial charge >= 0.3 is 0 Å². The molecular formula is C15H16N4O8S2. The average Bonchev–Trinajstić information content (AvgIpc) is 2.67. The number of nitrogens with one attached hydrogen (secondary N) is 1. The van der Waals surface area contributed by atoms with E-state index in [4.69, 9.17) is 0 Å². The molecule has 0 heterocycles. The fourth-order valence-corrected chi connectivity index (χ4v) is 4.31. The van der Waals surface area contributed by atoms with E-state index in [-0.39, 0.29) is 30.9 Å². The number of nitro groups is 2. The van der Waals surface area contributed by atoms with Crippen molar-refractivity contribution in [3.8, 4) is 0 Å². The van der Waals surface area contributed by atoms with E-state index in [0.29, 0.717) is 0 Å². The number of nitro benzene ring substituents is 2. The SMILES string of the molecule is O=[N+]([O-])c1ccccc1N(CCCNS(=O)(=O)c1ccccc1[N+](=O)[O-])S(=O)O. The molecule has 156 valence electrons. The van der Waals surface area contributed by atoms with Crippen LogP contribution in [0.1, 0.15) is 6.42 Å². The molecule has 0 aliphatic carbocycles. The van der Waals surface area contributed by atoms with Crippen molar-refractivity contribution in [3.63, 3.8) is 0 Å². The molecule has 0 aliphatic heterocycles. The molecule has 0 bridgehead atoms. The summed E-state index contributed by atoms with van der Waals surface area (Å²) >= 11 is -2.59. The molecule has 0 spiro atoms. The van der Waals surface area contributed by atoms with Crippen molar-refractivity contribution in [2.24, 2.45) is 0 Å². The van der Waals surface area contributed by atoms with Gasteiger partial charge in [-0.15, -0.1) is 0 Å². The molecule has 14 heteroatoms. The van der Waals surface area contributed by atoms with Crippen molar-refractivity contribution in [1.82, 2.24) is 4.72 Å². The van der Waals surface area contributed by atoms with E-state index in [1.54, 1.807) is 0 Å². The Kier molecular flexibility index (Phi) is 7.33. The molecule has 0 fully saturated rings. The van der Waals surface area contributed by atoms with Gasteiger partial charge in [0.25, 0.3) is 22.6 Å². The molecule has 29 heavy (non-hydrogen) atoms. The molecule has 1 unspecified atom stereocenters. The van der Waals surface area contributed by atoms with E-state index in [9.17, 15) is 37.4 Å². The number of hydrogen-bond acceptors (Lipinski definition) is 7. The van der Waals surface area contributed by atoms with Gasteiger partial charge in [-0.1, -0.05) is 24.3 Å². The van der Waals surface area contributed by atoms with Gasteiger partial charge in [0.1, 0.15) is 5.69 Å². The van der Waals surface area contributed by atoms with Crippen LogP contribution in [-0.2, 0) is 21.3 Å². The smallest absolute Gasteiger partial charge is 0.289 e. The molecule has 0 aromatic heterocycles. The zero-order chi connectivity index (χ0) is 21.6. The number of hydrogen-bond donors (Lipinski definition) is 2. The highest BCUT2D eigenvalue weighted by atomic mass is 32.2. The van der Waals surface area contributed by atoms with Crippen molar-refractivity contribution in [2.45, 2.75) is 11.3 Å². The standard InChI is InChI=1S/C15H16N4O8S2/c20-18(21)13-7-2-1-6-12(13)17(28(24)25)11-5-10-16-29(26,27)15-9-4-3-8-14(15)19(22)23/h1-4,6-9,16H,5,10-11H2,(H,24,25). The number of para-hydroxylation sites is 3. The van der Waals surface area contributed by atoms with Crippen LogP contribution in [0.5, 0.6) is 0 Å². The van der Waals surface area contributed by atoms with Crippen molar-refractivity contribution < 1.29 is 27.0 Å². The highest BCUT2D eigenvalue weighted by Gasteiger charge is 2.25. The summed E-state index contributed by atoms with van der Waals surface area (Å²) in [7, 11) is -4.20. The van der Waals surface area contributed by atoms with Gasteiger partial charge in [-0.05, 0) is 18.6 Å². The summed E-state index contributed by atoms with van der Waals surface area (Å²) in [5.74, 6) is 0. The third-order valence-electron chi connectivity index (χ3n) is 3.72. The number of sulfonamides is 1. The summed E-state index contributed by atoms with van der Waals surface area (Å²) in [6.45, 7) is -0.407. The van der Waals surface area contributed by atoms with Crippen LogP contribution < -0.4 is 9.03 Å². The molecule has 2 rings (SSSR count). The van der Waals surface area contributed by atoms with E-state index in [1.165, 1.54) is 36.4 Å². The maximum Gasteiger partial charge on any atom is 0.293 e. The van der Waals surface area contributed by atoms with Crippen molar-refractivity contribution in [2.75, 3.05) is 17.4 Å². The number of benzene rings is 2. The van der Waals surface area contributed by atoms with Gasteiger partial charge < -0.3 is 0 Å².